The maximum absolute atomic E-state index is 14.1. The Morgan fingerprint density at radius 1 is 0.697 bits per heavy atom. The molecule has 168 valence electrons. The molecule has 0 aromatic heterocycles. The Morgan fingerprint density at radius 2 is 1.00 bits per heavy atom. The number of sulfone groups is 1. The van der Waals surface area contributed by atoms with Crippen LogP contribution in [0.1, 0.15) is 21.6 Å². The summed E-state index contributed by atoms with van der Waals surface area (Å²) in [5, 5.41) is -4.16. The molecule has 0 N–H and O–H groups in total. The van der Waals surface area contributed by atoms with E-state index >= 15 is 0 Å². The van der Waals surface area contributed by atoms with Crippen molar-refractivity contribution in [1.29, 1.82) is 0 Å². The number of benzene rings is 2. The minimum atomic E-state index is -5.13. The Hall–Kier alpha value is -0.450. The molecule has 2 aromatic rings. The number of rotatable bonds is 8. The summed E-state index contributed by atoms with van der Waals surface area (Å²) in [4.78, 5) is -1.34. The molecule has 0 spiro atoms. The van der Waals surface area contributed by atoms with E-state index in [1.165, 1.54) is 0 Å². The summed E-state index contributed by atoms with van der Waals surface area (Å²) in [6, 6.07) is 3.97. The molecule has 0 saturated carbocycles. The minimum absolute atomic E-state index is 0. The number of hydrogen-bond acceptors (Lipinski definition) is 8. The maximum Gasteiger partial charge on any atom is 1.00 e. The molecule has 0 saturated heterocycles. The van der Waals surface area contributed by atoms with E-state index in [9.17, 15) is 43.1 Å². The fraction of sp³-hybridized carbons (Fsp3) is 0.111. The third-order valence-corrected chi connectivity index (χ3v) is 8.10. The van der Waals surface area contributed by atoms with Gasteiger partial charge in [-0.2, -0.15) is 0 Å². The largest absolute Gasteiger partial charge is 1.00 e. The maximum atomic E-state index is 14.1. The summed E-state index contributed by atoms with van der Waals surface area (Å²) < 4.78 is 122. The van der Waals surface area contributed by atoms with E-state index < -0.39 is 73.1 Å². The van der Waals surface area contributed by atoms with Crippen molar-refractivity contribution in [3.05, 3.63) is 84.5 Å². The summed E-state index contributed by atoms with van der Waals surface area (Å²) in [6.45, 7) is 6.27. The van der Waals surface area contributed by atoms with Gasteiger partial charge in [-0.3, -0.25) is 0 Å². The first-order valence-electron chi connectivity index (χ1n) is 8.13. The van der Waals surface area contributed by atoms with E-state index in [-0.39, 0.29) is 59.1 Å². The first-order valence-corrected chi connectivity index (χ1v) is 12.6. The van der Waals surface area contributed by atoms with Crippen LogP contribution in [0.25, 0.3) is 0 Å². The van der Waals surface area contributed by atoms with Crippen LogP contribution in [-0.2, 0) is 30.1 Å². The second kappa shape index (κ2) is 12.0. The van der Waals surface area contributed by atoms with Crippen LogP contribution in [0.4, 0.5) is 8.78 Å². The fourth-order valence-corrected chi connectivity index (χ4v) is 5.54. The summed E-state index contributed by atoms with van der Waals surface area (Å²) in [5.74, 6) is -2.38. The fourth-order valence-electron chi connectivity index (χ4n) is 2.75. The molecule has 0 aliphatic carbocycles. The van der Waals surface area contributed by atoms with Gasteiger partial charge in [-0.25, -0.2) is 34.0 Å². The zero-order valence-electron chi connectivity index (χ0n) is 17.4. The average Bonchev–Trinajstić information content (AvgIpc) is 2.63. The van der Waals surface area contributed by atoms with Gasteiger partial charge in [0.15, 0.2) is 0 Å². The predicted molar refractivity (Wildman–Crippen MR) is 104 cm³/mol. The van der Waals surface area contributed by atoms with Gasteiger partial charge in [0.1, 0.15) is 31.9 Å². The molecule has 0 bridgehead atoms. The average molecular weight is 538 g/mol. The molecule has 0 fully saturated rings. The van der Waals surface area contributed by atoms with E-state index in [4.69, 9.17) is 0 Å². The van der Waals surface area contributed by atoms with Crippen molar-refractivity contribution in [1.82, 2.24) is 0 Å². The third kappa shape index (κ3) is 7.27. The monoisotopic (exact) mass is 538 g/mol. The summed E-state index contributed by atoms with van der Waals surface area (Å²) in [7, 11) is -14.8. The Morgan fingerprint density at radius 3 is 1.24 bits per heavy atom. The Kier molecular flexibility index (Phi) is 11.8. The number of halogens is 2. The van der Waals surface area contributed by atoms with E-state index in [0.717, 1.165) is 12.1 Å². The van der Waals surface area contributed by atoms with Crippen LogP contribution in [0.3, 0.4) is 0 Å². The van der Waals surface area contributed by atoms with Gasteiger partial charge in [-0.05, 0) is 36.4 Å². The van der Waals surface area contributed by atoms with Gasteiger partial charge in [0, 0.05) is 11.1 Å². The molecular weight excluding hydrogens is 524 g/mol. The zero-order valence-corrected chi connectivity index (χ0v) is 23.9. The molecule has 33 heavy (non-hydrogen) atoms. The van der Waals surface area contributed by atoms with Crippen molar-refractivity contribution in [2.24, 2.45) is 0 Å². The zero-order chi connectivity index (χ0) is 23.8. The molecule has 8 nitrogen and oxygen atoms in total. The summed E-state index contributed by atoms with van der Waals surface area (Å²) in [6.07, 6.45) is 1.25. The topological polar surface area (TPSA) is 149 Å². The van der Waals surface area contributed by atoms with Crippen LogP contribution >= 0.6 is 0 Å². The first-order chi connectivity index (χ1) is 14.1. The second-order valence-electron chi connectivity index (χ2n) is 6.17. The van der Waals surface area contributed by atoms with E-state index in [2.05, 4.69) is 13.2 Å². The van der Waals surface area contributed by atoms with E-state index in [1.807, 2.05) is 0 Å². The van der Waals surface area contributed by atoms with E-state index in [1.54, 1.807) is 0 Å². The van der Waals surface area contributed by atoms with Gasteiger partial charge < -0.3 is 9.11 Å². The Labute approximate surface area is 234 Å². The van der Waals surface area contributed by atoms with Crippen molar-refractivity contribution in [3.63, 3.8) is 0 Å². The molecule has 2 rings (SSSR count). The second-order valence-corrected chi connectivity index (χ2v) is 11.1. The number of hydrogen-bond donors (Lipinski definition) is 0. The van der Waals surface area contributed by atoms with Gasteiger partial charge in [-0.15, -0.1) is 13.2 Å². The minimum Gasteiger partial charge on any atom is -0.747 e. The molecular formula is C18H14F2Na2O8S3. The van der Waals surface area contributed by atoms with E-state index in [0.29, 0.717) is 36.4 Å². The van der Waals surface area contributed by atoms with Crippen molar-refractivity contribution < 1.29 is 102 Å². The smallest absolute Gasteiger partial charge is 0.747 e. The Balaban J connectivity index is 0.00000512. The van der Waals surface area contributed by atoms with Gasteiger partial charge in [0.25, 0.3) is 0 Å². The van der Waals surface area contributed by atoms with Crippen molar-refractivity contribution in [2.45, 2.75) is 20.3 Å². The normalized spacial score (nSPS) is 13.7. The summed E-state index contributed by atoms with van der Waals surface area (Å²) >= 11 is 0. The molecule has 0 amide bonds. The van der Waals surface area contributed by atoms with Crippen LogP contribution in [-0.4, -0.2) is 34.4 Å². The molecule has 15 heteroatoms. The van der Waals surface area contributed by atoms with Crippen LogP contribution in [0, 0.1) is 11.6 Å². The Bertz CT molecular complexity index is 1280. The van der Waals surface area contributed by atoms with Gasteiger partial charge in [0.05, 0.1) is 20.3 Å². The standard InChI is InChI=1S/C18H16F2O8S3.2Na/c1-3-17(30(23,24)25)13-9-11(5-7-15(13)19)29(21,22)12-6-8-16(20)14(10-12)18(4-2)31(26,27)28;;/h3-10,17-18H,1-2H2,(H,23,24,25)(H,26,27,28);;/q;2*+1/p-2. The molecule has 2 aromatic carbocycles. The molecule has 0 heterocycles. The van der Waals surface area contributed by atoms with Crippen LogP contribution in [0.15, 0.2) is 71.5 Å². The quantitative estimate of drug-likeness (QED) is 0.145. The van der Waals surface area contributed by atoms with Crippen LogP contribution < -0.4 is 59.1 Å². The van der Waals surface area contributed by atoms with Crippen molar-refractivity contribution in [3.8, 4) is 0 Å². The SMILES string of the molecule is C=CC(c1cc(S(=O)(=O)c2ccc(F)c(C(C=C)S(=O)(=O)[O-])c2)ccc1F)S(=O)(=O)[O-].[Na+].[Na+]. The summed E-state index contributed by atoms with van der Waals surface area (Å²) in [5.41, 5.74) is -1.56. The molecule has 2 unspecified atom stereocenters. The van der Waals surface area contributed by atoms with Gasteiger partial charge in [0.2, 0.25) is 9.84 Å². The predicted octanol–water partition coefficient (Wildman–Crippen LogP) is -3.65. The van der Waals surface area contributed by atoms with Gasteiger partial charge >= 0.3 is 59.1 Å². The third-order valence-electron chi connectivity index (χ3n) is 4.22. The molecule has 0 radical (unpaired) electrons. The van der Waals surface area contributed by atoms with Crippen molar-refractivity contribution in [2.75, 3.05) is 0 Å². The first kappa shape index (κ1) is 32.5. The molecule has 0 aliphatic heterocycles. The van der Waals surface area contributed by atoms with Crippen molar-refractivity contribution >= 4 is 30.1 Å². The van der Waals surface area contributed by atoms with Gasteiger partial charge in [-0.1, -0.05) is 12.2 Å². The van der Waals surface area contributed by atoms with Crippen LogP contribution in [0.5, 0.6) is 0 Å². The molecule has 2 atom stereocenters. The van der Waals surface area contributed by atoms with Crippen LogP contribution in [0.2, 0.25) is 0 Å². The molecule has 0 aliphatic rings.